The number of allylic oxidation sites excluding steroid dienone is 5. The molecule has 0 saturated heterocycles. The van der Waals surface area contributed by atoms with Gasteiger partial charge in [0, 0.05) is 12.8 Å². The third-order valence-electron chi connectivity index (χ3n) is 8.22. The topological polar surface area (TPSA) is 189 Å². The van der Waals surface area contributed by atoms with Gasteiger partial charge in [-0.25, -0.2) is 4.57 Å². The lowest BCUT2D eigenvalue weighted by Crippen LogP contribution is -2.30. The lowest BCUT2D eigenvalue weighted by atomic mass is 10.00. The summed E-state index contributed by atoms with van der Waals surface area (Å²) in [6, 6.07) is 0. The van der Waals surface area contributed by atoms with Crippen LogP contribution in [0.4, 0.5) is 0 Å². The number of unbranched alkanes of at least 4 members (excludes halogenated alkanes) is 8. The number of phosphoric acid groups is 1. The number of hydrogen-bond donors (Lipinski definition) is 5. The lowest BCUT2D eigenvalue weighted by Gasteiger charge is -2.20. The fourth-order valence-corrected chi connectivity index (χ4v) is 5.54. The highest BCUT2D eigenvalue weighted by molar-refractivity contribution is 7.47. The molecule has 0 radical (unpaired) electrons. The third-order valence-corrected chi connectivity index (χ3v) is 9.17. The maximum absolute atomic E-state index is 12.6. The summed E-state index contributed by atoms with van der Waals surface area (Å²) in [6.07, 6.45) is 24.5. The highest BCUT2D eigenvalue weighted by atomic mass is 31.2. The molecule has 0 heterocycles. The molecule has 0 fully saturated rings. The first-order chi connectivity index (χ1) is 24.9. The Bertz CT molecular complexity index is 1060. The Hall–Kier alpha value is -2.15. The second kappa shape index (κ2) is 33.4. The Labute approximate surface area is 312 Å². The van der Waals surface area contributed by atoms with Crippen molar-refractivity contribution >= 4 is 19.8 Å². The minimum Gasteiger partial charge on any atom is -0.462 e. The van der Waals surface area contributed by atoms with E-state index in [0.717, 1.165) is 38.0 Å². The Morgan fingerprint density at radius 3 is 2.02 bits per heavy atom. The maximum Gasteiger partial charge on any atom is 0.472 e. The molecule has 0 aromatic heterocycles. The average Bonchev–Trinajstić information content (AvgIpc) is 3.12. The van der Waals surface area contributed by atoms with Gasteiger partial charge >= 0.3 is 19.8 Å². The molecule has 0 aromatic rings. The van der Waals surface area contributed by atoms with Gasteiger partial charge in [-0.2, -0.15) is 0 Å². The molecule has 12 nitrogen and oxygen atoms in total. The van der Waals surface area contributed by atoms with Crippen molar-refractivity contribution in [3.8, 4) is 0 Å². The van der Waals surface area contributed by atoms with E-state index in [4.69, 9.17) is 19.1 Å². The Kier molecular flexibility index (Phi) is 32.0. The SMILES string of the molecule is CCCCC/C=C\C[C@H](O)/C=C/C=C/C=C\[C@H](O)CCCC(=O)O[C@H](COC(=O)CCCCCCCCC(C)CC)COP(=O)(O)OC[C@@H](O)CO. The highest BCUT2D eigenvalue weighted by Gasteiger charge is 2.27. The van der Waals surface area contributed by atoms with E-state index >= 15 is 0 Å². The molecule has 52 heavy (non-hydrogen) atoms. The largest absolute Gasteiger partial charge is 0.472 e. The van der Waals surface area contributed by atoms with Crippen molar-refractivity contribution in [2.45, 2.75) is 154 Å². The van der Waals surface area contributed by atoms with Gasteiger partial charge in [-0.15, -0.1) is 0 Å². The van der Waals surface area contributed by atoms with Gasteiger partial charge in [0.15, 0.2) is 6.10 Å². The van der Waals surface area contributed by atoms with Crippen LogP contribution < -0.4 is 0 Å². The van der Waals surface area contributed by atoms with Crippen molar-refractivity contribution in [3.63, 3.8) is 0 Å². The fourth-order valence-electron chi connectivity index (χ4n) is 4.75. The monoisotopic (exact) mass is 760 g/mol. The molecule has 0 rings (SSSR count). The smallest absolute Gasteiger partial charge is 0.462 e. The number of ether oxygens (including phenoxy) is 2. The second-order valence-electron chi connectivity index (χ2n) is 13.2. The fraction of sp³-hybridized carbons (Fsp3) is 0.744. The summed E-state index contributed by atoms with van der Waals surface area (Å²) in [6.45, 7) is 4.25. The normalized spacial score (nSPS) is 16.4. The van der Waals surface area contributed by atoms with Crippen molar-refractivity contribution in [2.75, 3.05) is 26.4 Å². The molecule has 0 amide bonds. The summed E-state index contributed by atoms with van der Waals surface area (Å²) in [5.74, 6) is -0.424. The average molecular weight is 761 g/mol. The predicted molar refractivity (Wildman–Crippen MR) is 203 cm³/mol. The molecule has 6 atom stereocenters. The number of carbonyl (C=O) groups is 2. The van der Waals surface area contributed by atoms with E-state index in [2.05, 4.69) is 31.4 Å². The van der Waals surface area contributed by atoms with Crippen molar-refractivity contribution in [1.29, 1.82) is 0 Å². The molecule has 0 saturated carbocycles. The van der Waals surface area contributed by atoms with Crippen LogP contribution in [0.3, 0.4) is 0 Å². The number of aliphatic hydroxyl groups is 4. The van der Waals surface area contributed by atoms with Crippen LogP contribution in [0.2, 0.25) is 0 Å². The first-order valence-electron chi connectivity index (χ1n) is 19.2. The van der Waals surface area contributed by atoms with Crippen LogP contribution in [-0.2, 0) is 32.7 Å². The molecule has 0 aromatic carbocycles. The molecule has 302 valence electrons. The molecule has 0 aliphatic rings. The van der Waals surface area contributed by atoms with Crippen molar-refractivity contribution < 1.29 is 58.0 Å². The first-order valence-corrected chi connectivity index (χ1v) is 20.7. The van der Waals surface area contributed by atoms with Crippen molar-refractivity contribution in [3.05, 3.63) is 48.6 Å². The quantitative estimate of drug-likeness (QED) is 0.0146. The zero-order valence-corrected chi connectivity index (χ0v) is 32.8. The van der Waals surface area contributed by atoms with Crippen LogP contribution >= 0.6 is 7.82 Å². The number of phosphoric ester groups is 1. The van der Waals surface area contributed by atoms with Gasteiger partial charge in [-0.1, -0.05) is 127 Å². The molecular formula is C39H69O12P. The Balaban J connectivity index is 4.69. The van der Waals surface area contributed by atoms with Crippen LogP contribution in [0.25, 0.3) is 0 Å². The van der Waals surface area contributed by atoms with E-state index in [-0.39, 0.29) is 25.7 Å². The summed E-state index contributed by atoms with van der Waals surface area (Å²) in [4.78, 5) is 34.8. The van der Waals surface area contributed by atoms with Crippen LogP contribution in [0, 0.1) is 5.92 Å². The van der Waals surface area contributed by atoms with Gasteiger partial charge in [-0.05, 0) is 44.4 Å². The van der Waals surface area contributed by atoms with E-state index in [1.807, 2.05) is 6.08 Å². The van der Waals surface area contributed by atoms with Crippen LogP contribution in [0.5, 0.6) is 0 Å². The molecular weight excluding hydrogens is 691 g/mol. The number of aliphatic hydroxyl groups excluding tert-OH is 4. The van der Waals surface area contributed by atoms with Gasteiger partial charge in [0.1, 0.15) is 12.7 Å². The highest BCUT2D eigenvalue weighted by Crippen LogP contribution is 2.43. The van der Waals surface area contributed by atoms with Gasteiger partial charge in [0.2, 0.25) is 0 Å². The molecule has 0 spiro atoms. The summed E-state index contributed by atoms with van der Waals surface area (Å²) >= 11 is 0. The zero-order valence-electron chi connectivity index (χ0n) is 31.9. The standard InChI is InChI=1S/C39H69O12P/c1-4-6-7-8-12-17-23-34(41)24-18-14-15-19-25-35(42)26-21-28-39(45)51-37(32-50-52(46,47)49-30-36(43)29-40)31-48-38(44)27-20-13-10-9-11-16-22-33(3)5-2/h12,14-15,17-19,24-25,33-37,40-43H,4-11,13,16,20-23,26-32H2,1-3H3,(H,46,47)/b15-14+,17-12-,24-18+,25-19-/t33?,34-,35-,36-,37+/m0/s1. The second-order valence-corrected chi connectivity index (χ2v) is 14.7. The van der Waals surface area contributed by atoms with Crippen LogP contribution in [0.15, 0.2) is 48.6 Å². The van der Waals surface area contributed by atoms with Gasteiger partial charge in [0.25, 0.3) is 0 Å². The number of carbonyl (C=O) groups excluding carboxylic acids is 2. The van der Waals surface area contributed by atoms with Crippen molar-refractivity contribution in [2.24, 2.45) is 5.92 Å². The number of rotatable bonds is 34. The van der Waals surface area contributed by atoms with E-state index in [1.54, 1.807) is 36.5 Å². The van der Waals surface area contributed by atoms with Gasteiger partial charge < -0.3 is 34.8 Å². The molecule has 0 aliphatic carbocycles. The van der Waals surface area contributed by atoms with Gasteiger partial charge in [-0.3, -0.25) is 18.6 Å². The maximum atomic E-state index is 12.6. The van der Waals surface area contributed by atoms with E-state index < -0.39 is 70.6 Å². The Morgan fingerprint density at radius 2 is 1.35 bits per heavy atom. The summed E-state index contributed by atoms with van der Waals surface area (Å²) < 4.78 is 32.4. The van der Waals surface area contributed by atoms with E-state index in [9.17, 15) is 34.4 Å². The number of esters is 2. The first kappa shape index (κ1) is 49.9. The molecule has 13 heteroatoms. The van der Waals surface area contributed by atoms with E-state index in [1.165, 1.54) is 38.5 Å². The predicted octanol–water partition coefficient (Wildman–Crippen LogP) is 7.18. The molecule has 0 aliphatic heterocycles. The minimum absolute atomic E-state index is 0.0772. The number of hydrogen-bond acceptors (Lipinski definition) is 11. The lowest BCUT2D eigenvalue weighted by molar-refractivity contribution is -0.161. The third kappa shape index (κ3) is 32.5. The van der Waals surface area contributed by atoms with Crippen LogP contribution in [-0.4, -0.2) is 88.1 Å². The summed E-state index contributed by atoms with van der Waals surface area (Å²) in [5, 5.41) is 38.5. The molecule has 0 bridgehead atoms. The summed E-state index contributed by atoms with van der Waals surface area (Å²) in [7, 11) is -4.68. The summed E-state index contributed by atoms with van der Waals surface area (Å²) in [5.41, 5.74) is 0. The minimum atomic E-state index is -4.68. The Morgan fingerprint density at radius 1 is 0.712 bits per heavy atom. The van der Waals surface area contributed by atoms with Crippen LogP contribution in [0.1, 0.15) is 130 Å². The van der Waals surface area contributed by atoms with Crippen molar-refractivity contribution in [1.82, 2.24) is 0 Å². The molecule has 5 N–H and O–H groups in total. The van der Waals surface area contributed by atoms with Gasteiger partial charge in [0.05, 0.1) is 32.0 Å². The molecule has 2 unspecified atom stereocenters. The van der Waals surface area contributed by atoms with E-state index in [0.29, 0.717) is 12.8 Å². The zero-order chi connectivity index (χ0) is 38.9.